The highest BCUT2D eigenvalue weighted by molar-refractivity contribution is 7.15. The molecule has 0 aromatic carbocycles. The van der Waals surface area contributed by atoms with Gasteiger partial charge in [0.2, 0.25) is 5.91 Å². The molecule has 0 spiro atoms. The largest absolute Gasteiger partial charge is 0.480 e. The van der Waals surface area contributed by atoms with Crippen LogP contribution < -0.4 is 0 Å². The number of imidazole rings is 1. The fourth-order valence-electron chi connectivity index (χ4n) is 2.11. The molecule has 0 saturated heterocycles. The summed E-state index contributed by atoms with van der Waals surface area (Å²) < 4.78 is 1.85. The number of carbonyl (C=O) groups is 2. The topological polar surface area (TPSA) is 74.9 Å². The minimum Gasteiger partial charge on any atom is -0.480 e. The van der Waals surface area contributed by atoms with Crippen LogP contribution in [0, 0.1) is 0 Å². The van der Waals surface area contributed by atoms with Gasteiger partial charge in [-0.1, -0.05) is 0 Å². The number of hydrogen-bond donors (Lipinski definition) is 1. The van der Waals surface area contributed by atoms with E-state index < -0.39 is 11.5 Å². The first-order valence-electron chi connectivity index (χ1n) is 6.31. The molecule has 2 aromatic heterocycles. The smallest absolute Gasteiger partial charge is 0.329 e. The second kappa shape index (κ2) is 5.24. The van der Waals surface area contributed by atoms with Crippen LogP contribution in [0.3, 0.4) is 0 Å². The van der Waals surface area contributed by atoms with Crippen LogP contribution in [0.2, 0.25) is 0 Å². The SMILES string of the molecule is CCN(C(=O)Cc1cn2ccsc2n1)C(C)(C)C(=O)O. The van der Waals surface area contributed by atoms with E-state index in [1.807, 2.05) is 16.0 Å². The maximum atomic E-state index is 12.3. The van der Waals surface area contributed by atoms with Gasteiger partial charge in [0, 0.05) is 24.3 Å². The Kier molecular flexibility index (Phi) is 3.80. The highest BCUT2D eigenvalue weighted by Gasteiger charge is 2.36. The Morgan fingerprint density at radius 3 is 2.75 bits per heavy atom. The quantitative estimate of drug-likeness (QED) is 0.910. The number of aromatic nitrogens is 2. The molecule has 0 fully saturated rings. The first kappa shape index (κ1) is 14.5. The summed E-state index contributed by atoms with van der Waals surface area (Å²) in [5.74, 6) is -1.25. The molecule has 0 saturated carbocycles. The molecule has 1 amide bonds. The molecule has 1 N–H and O–H groups in total. The van der Waals surface area contributed by atoms with E-state index in [1.54, 1.807) is 13.1 Å². The first-order chi connectivity index (χ1) is 9.36. The van der Waals surface area contributed by atoms with Gasteiger partial charge in [-0.2, -0.15) is 0 Å². The minimum absolute atomic E-state index is 0.110. The van der Waals surface area contributed by atoms with Crippen molar-refractivity contribution in [2.24, 2.45) is 0 Å². The number of carboxylic acid groups (broad SMARTS) is 1. The molecular formula is C13H17N3O3S. The molecule has 0 unspecified atom stereocenters. The van der Waals surface area contributed by atoms with E-state index in [0.717, 1.165) is 4.96 Å². The maximum absolute atomic E-state index is 12.3. The summed E-state index contributed by atoms with van der Waals surface area (Å²) in [5, 5.41) is 11.1. The zero-order valence-electron chi connectivity index (χ0n) is 11.7. The van der Waals surface area contributed by atoms with Gasteiger partial charge in [-0.3, -0.25) is 9.20 Å². The summed E-state index contributed by atoms with van der Waals surface area (Å²) in [4.78, 5) is 30.1. The Bertz CT molecular complexity index is 616. The molecule has 0 radical (unpaired) electrons. The molecule has 2 heterocycles. The number of carboxylic acids is 1. The molecule has 2 aromatic rings. The first-order valence-corrected chi connectivity index (χ1v) is 7.19. The molecule has 2 rings (SSSR count). The Balaban J connectivity index is 2.17. The number of rotatable bonds is 5. The summed E-state index contributed by atoms with van der Waals surface area (Å²) in [5.41, 5.74) is -0.565. The molecule has 7 heteroatoms. The van der Waals surface area contributed by atoms with E-state index in [0.29, 0.717) is 12.2 Å². The van der Waals surface area contributed by atoms with E-state index >= 15 is 0 Å². The summed E-state index contributed by atoms with van der Waals surface area (Å²) in [6, 6.07) is 0. The molecule has 0 aliphatic heterocycles. The number of likely N-dealkylation sites (N-methyl/N-ethyl adjacent to an activating group) is 1. The summed E-state index contributed by atoms with van der Waals surface area (Å²) in [6.45, 7) is 5.18. The van der Waals surface area contributed by atoms with Gasteiger partial charge >= 0.3 is 5.97 Å². The second-order valence-electron chi connectivity index (χ2n) is 5.00. The Hall–Kier alpha value is -1.89. The summed E-state index contributed by atoms with van der Waals surface area (Å²) >= 11 is 1.49. The van der Waals surface area contributed by atoms with E-state index in [9.17, 15) is 14.7 Å². The van der Waals surface area contributed by atoms with Crippen LogP contribution in [0.4, 0.5) is 0 Å². The maximum Gasteiger partial charge on any atom is 0.329 e. The van der Waals surface area contributed by atoms with Crippen molar-refractivity contribution in [1.29, 1.82) is 0 Å². The number of thiazole rings is 1. The van der Waals surface area contributed by atoms with Crippen LogP contribution in [-0.2, 0) is 16.0 Å². The molecule has 108 valence electrons. The average molecular weight is 295 g/mol. The number of fused-ring (bicyclic) bond motifs is 1. The third-order valence-corrected chi connectivity index (χ3v) is 4.06. The van der Waals surface area contributed by atoms with Gasteiger partial charge in [-0.05, 0) is 20.8 Å². The van der Waals surface area contributed by atoms with Gasteiger partial charge in [0.25, 0.3) is 0 Å². The molecule has 6 nitrogen and oxygen atoms in total. The zero-order chi connectivity index (χ0) is 14.9. The van der Waals surface area contributed by atoms with E-state index in [1.165, 1.54) is 30.1 Å². The lowest BCUT2D eigenvalue weighted by Crippen LogP contribution is -2.53. The van der Waals surface area contributed by atoms with Crippen molar-refractivity contribution in [3.05, 3.63) is 23.5 Å². The van der Waals surface area contributed by atoms with Crippen LogP contribution in [-0.4, -0.2) is 43.4 Å². The van der Waals surface area contributed by atoms with E-state index in [4.69, 9.17) is 0 Å². The van der Waals surface area contributed by atoms with Crippen molar-refractivity contribution in [3.63, 3.8) is 0 Å². The van der Waals surface area contributed by atoms with Gasteiger partial charge in [-0.15, -0.1) is 11.3 Å². The van der Waals surface area contributed by atoms with Crippen molar-refractivity contribution in [2.45, 2.75) is 32.7 Å². The van der Waals surface area contributed by atoms with Crippen molar-refractivity contribution in [1.82, 2.24) is 14.3 Å². The highest BCUT2D eigenvalue weighted by atomic mass is 32.1. The van der Waals surface area contributed by atoms with Gasteiger partial charge in [-0.25, -0.2) is 9.78 Å². The predicted molar refractivity (Wildman–Crippen MR) is 75.9 cm³/mol. The van der Waals surface area contributed by atoms with Crippen molar-refractivity contribution >= 4 is 28.2 Å². The molecule has 0 aliphatic rings. The van der Waals surface area contributed by atoms with Gasteiger partial charge < -0.3 is 10.0 Å². The van der Waals surface area contributed by atoms with Crippen LogP contribution in [0.25, 0.3) is 4.96 Å². The summed E-state index contributed by atoms with van der Waals surface area (Å²) in [7, 11) is 0. The zero-order valence-corrected chi connectivity index (χ0v) is 12.5. The van der Waals surface area contributed by atoms with Crippen LogP contribution in [0.15, 0.2) is 17.8 Å². The van der Waals surface area contributed by atoms with Crippen LogP contribution in [0.1, 0.15) is 26.5 Å². The van der Waals surface area contributed by atoms with Gasteiger partial charge in [0.05, 0.1) is 12.1 Å². The monoisotopic (exact) mass is 295 g/mol. The predicted octanol–water partition coefficient (Wildman–Crippen LogP) is 1.65. The third kappa shape index (κ3) is 2.53. The van der Waals surface area contributed by atoms with Gasteiger partial charge in [0.15, 0.2) is 4.96 Å². The lowest BCUT2D eigenvalue weighted by Gasteiger charge is -2.34. The van der Waals surface area contributed by atoms with Crippen molar-refractivity contribution in [2.75, 3.05) is 6.54 Å². The fraction of sp³-hybridized carbons (Fsp3) is 0.462. The standard InChI is InChI=1S/C13H17N3O3S/c1-4-16(13(2,3)11(18)19)10(17)7-9-8-15-5-6-20-12(15)14-9/h5-6,8H,4,7H2,1-3H3,(H,18,19). The Labute approximate surface area is 120 Å². The molecular weight excluding hydrogens is 278 g/mol. The second-order valence-corrected chi connectivity index (χ2v) is 5.88. The third-order valence-electron chi connectivity index (χ3n) is 3.29. The molecule has 0 bridgehead atoms. The Morgan fingerprint density at radius 2 is 2.20 bits per heavy atom. The highest BCUT2D eigenvalue weighted by Crippen LogP contribution is 2.17. The number of aliphatic carboxylic acids is 1. The lowest BCUT2D eigenvalue weighted by molar-refractivity contribution is -0.156. The number of carbonyl (C=O) groups excluding carboxylic acids is 1. The normalized spacial score (nSPS) is 11.8. The minimum atomic E-state index is -1.22. The number of amides is 1. The van der Waals surface area contributed by atoms with Gasteiger partial charge in [0.1, 0.15) is 5.54 Å². The number of hydrogen-bond acceptors (Lipinski definition) is 4. The molecule has 0 aliphatic carbocycles. The Morgan fingerprint density at radius 1 is 1.50 bits per heavy atom. The fourth-order valence-corrected chi connectivity index (χ4v) is 2.83. The van der Waals surface area contributed by atoms with Crippen LogP contribution in [0.5, 0.6) is 0 Å². The van der Waals surface area contributed by atoms with E-state index in [2.05, 4.69) is 4.98 Å². The molecule has 0 atom stereocenters. The summed E-state index contributed by atoms with van der Waals surface area (Å²) in [6.07, 6.45) is 3.78. The lowest BCUT2D eigenvalue weighted by atomic mass is 10.0. The van der Waals surface area contributed by atoms with Crippen molar-refractivity contribution < 1.29 is 14.7 Å². The number of nitrogens with zero attached hydrogens (tertiary/aromatic N) is 3. The van der Waals surface area contributed by atoms with E-state index in [-0.39, 0.29) is 12.3 Å². The van der Waals surface area contributed by atoms with Crippen LogP contribution >= 0.6 is 11.3 Å². The average Bonchev–Trinajstić information content (AvgIpc) is 2.89. The molecule has 20 heavy (non-hydrogen) atoms. The van der Waals surface area contributed by atoms with Crippen molar-refractivity contribution in [3.8, 4) is 0 Å².